The summed E-state index contributed by atoms with van der Waals surface area (Å²) in [5.74, 6) is -0.704. The molecule has 0 heterocycles. The first-order chi connectivity index (χ1) is 10.3. The molecule has 1 aromatic rings. The second kappa shape index (κ2) is 7.85. The number of carbonyl (C=O) groups excluding carboxylic acids is 1. The molecule has 0 aliphatic rings. The molecular weight excluding hydrogens is 355 g/mol. The summed E-state index contributed by atoms with van der Waals surface area (Å²) in [6.45, 7) is 3.61. The Labute approximate surface area is 138 Å². The molecule has 6 nitrogen and oxygen atoms in total. The van der Waals surface area contributed by atoms with Crippen molar-refractivity contribution in [3.63, 3.8) is 0 Å². The van der Waals surface area contributed by atoms with E-state index in [2.05, 4.69) is 15.9 Å². The average molecular weight is 375 g/mol. The molecule has 0 spiro atoms. The average Bonchev–Trinajstić information content (AvgIpc) is 2.45. The molecule has 1 aromatic carbocycles. The zero-order chi connectivity index (χ0) is 16.9. The number of esters is 1. The third kappa shape index (κ3) is 4.15. The molecule has 0 amide bonds. The number of hydrogen-bond donors (Lipinski definition) is 3. The SMILES string of the molecule is COc1cc(C(C)(C)C(=O)OCCCBr)cc(O)c1B(O)O. The van der Waals surface area contributed by atoms with E-state index >= 15 is 0 Å². The van der Waals surface area contributed by atoms with Crippen LogP contribution in [0, 0.1) is 0 Å². The Bertz CT molecular complexity index is 532. The van der Waals surface area contributed by atoms with Gasteiger partial charge in [0, 0.05) is 5.33 Å². The summed E-state index contributed by atoms with van der Waals surface area (Å²) in [5, 5.41) is 29.3. The van der Waals surface area contributed by atoms with Crippen molar-refractivity contribution in [2.45, 2.75) is 25.7 Å². The highest BCUT2D eigenvalue weighted by atomic mass is 79.9. The van der Waals surface area contributed by atoms with E-state index in [1.165, 1.54) is 19.2 Å². The molecule has 0 unspecified atom stereocenters. The van der Waals surface area contributed by atoms with Crippen LogP contribution in [-0.2, 0) is 14.9 Å². The van der Waals surface area contributed by atoms with E-state index in [-0.39, 0.29) is 17.0 Å². The lowest BCUT2D eigenvalue weighted by Gasteiger charge is -2.24. The van der Waals surface area contributed by atoms with Crippen LogP contribution in [0.1, 0.15) is 25.8 Å². The van der Waals surface area contributed by atoms with Crippen LogP contribution in [-0.4, -0.2) is 47.3 Å². The van der Waals surface area contributed by atoms with Gasteiger partial charge in [0.1, 0.15) is 11.5 Å². The molecule has 0 saturated carbocycles. The quantitative estimate of drug-likeness (QED) is 0.281. The topological polar surface area (TPSA) is 96.2 Å². The standard InChI is InChI=1S/C14H20BBrO6/c1-14(2,13(18)22-6-4-5-16)9-7-10(17)12(15(19)20)11(8-9)21-3/h7-8,17,19-20H,4-6H2,1-3H3. The molecule has 0 saturated heterocycles. The molecule has 0 bridgehead atoms. The Hall–Kier alpha value is -1.25. The van der Waals surface area contributed by atoms with E-state index in [4.69, 9.17) is 9.47 Å². The lowest BCUT2D eigenvalue weighted by atomic mass is 9.75. The maximum Gasteiger partial charge on any atom is 0.496 e. The van der Waals surface area contributed by atoms with Gasteiger partial charge in [-0.05, 0) is 38.0 Å². The van der Waals surface area contributed by atoms with Gasteiger partial charge in [0.2, 0.25) is 0 Å². The van der Waals surface area contributed by atoms with Crippen LogP contribution in [0.4, 0.5) is 0 Å². The van der Waals surface area contributed by atoms with Crippen LogP contribution < -0.4 is 10.2 Å². The second-order valence-corrected chi connectivity index (χ2v) is 6.08. The number of ether oxygens (including phenoxy) is 2. The minimum Gasteiger partial charge on any atom is -0.508 e. The molecule has 3 N–H and O–H groups in total. The van der Waals surface area contributed by atoms with Crippen LogP contribution in [0.15, 0.2) is 12.1 Å². The summed E-state index contributed by atoms with van der Waals surface area (Å²) < 4.78 is 10.3. The lowest BCUT2D eigenvalue weighted by Crippen LogP contribution is -2.35. The van der Waals surface area contributed by atoms with E-state index in [1.54, 1.807) is 13.8 Å². The van der Waals surface area contributed by atoms with Crippen molar-refractivity contribution in [1.29, 1.82) is 0 Å². The Morgan fingerprint density at radius 3 is 2.50 bits per heavy atom. The summed E-state index contributed by atoms with van der Waals surface area (Å²) in [6.07, 6.45) is 0.700. The van der Waals surface area contributed by atoms with Gasteiger partial charge in [0.25, 0.3) is 0 Å². The first-order valence-electron chi connectivity index (χ1n) is 6.76. The Morgan fingerprint density at radius 1 is 1.36 bits per heavy atom. The van der Waals surface area contributed by atoms with Gasteiger partial charge in [-0.15, -0.1) is 0 Å². The molecule has 0 atom stereocenters. The molecule has 0 fully saturated rings. The van der Waals surface area contributed by atoms with Crippen molar-refractivity contribution < 1.29 is 29.4 Å². The fourth-order valence-electron chi connectivity index (χ4n) is 1.92. The van der Waals surface area contributed by atoms with Gasteiger partial charge in [-0.1, -0.05) is 15.9 Å². The monoisotopic (exact) mass is 374 g/mol. The maximum absolute atomic E-state index is 12.2. The molecule has 22 heavy (non-hydrogen) atoms. The zero-order valence-electron chi connectivity index (χ0n) is 12.8. The highest BCUT2D eigenvalue weighted by Crippen LogP contribution is 2.30. The Morgan fingerprint density at radius 2 is 2.00 bits per heavy atom. The molecule has 0 aromatic heterocycles. The van der Waals surface area contributed by atoms with Crippen LogP contribution >= 0.6 is 15.9 Å². The summed E-state index contributed by atoms with van der Waals surface area (Å²) in [5.41, 5.74) is -0.708. The van der Waals surface area contributed by atoms with E-state index < -0.39 is 18.5 Å². The van der Waals surface area contributed by atoms with Gasteiger partial charge in [-0.3, -0.25) is 4.79 Å². The summed E-state index contributed by atoms with van der Waals surface area (Å²) in [6, 6.07) is 2.79. The number of rotatable bonds is 7. The molecule has 0 aliphatic heterocycles. The van der Waals surface area contributed by atoms with E-state index in [1.807, 2.05) is 0 Å². The van der Waals surface area contributed by atoms with Gasteiger partial charge in [-0.25, -0.2) is 0 Å². The second-order valence-electron chi connectivity index (χ2n) is 5.29. The van der Waals surface area contributed by atoms with E-state index in [9.17, 15) is 19.9 Å². The Balaban J connectivity index is 3.14. The smallest absolute Gasteiger partial charge is 0.496 e. The summed E-state index contributed by atoms with van der Waals surface area (Å²) in [7, 11) is -0.538. The highest BCUT2D eigenvalue weighted by molar-refractivity contribution is 9.09. The fourth-order valence-corrected chi connectivity index (χ4v) is 2.15. The van der Waals surface area contributed by atoms with Crippen LogP contribution in [0.5, 0.6) is 11.5 Å². The van der Waals surface area contributed by atoms with Crippen molar-refractivity contribution in [2.24, 2.45) is 0 Å². The van der Waals surface area contributed by atoms with Gasteiger partial charge in [-0.2, -0.15) is 0 Å². The minimum absolute atomic E-state index is 0.0892. The summed E-state index contributed by atoms with van der Waals surface area (Å²) in [4.78, 5) is 12.2. The number of methoxy groups -OCH3 is 1. The molecule has 0 radical (unpaired) electrons. The number of aromatic hydroxyl groups is 1. The van der Waals surface area contributed by atoms with Crippen molar-refractivity contribution in [2.75, 3.05) is 19.0 Å². The maximum atomic E-state index is 12.2. The van der Waals surface area contributed by atoms with Gasteiger partial charge >= 0.3 is 13.1 Å². The highest BCUT2D eigenvalue weighted by Gasteiger charge is 2.34. The van der Waals surface area contributed by atoms with Crippen molar-refractivity contribution >= 4 is 34.5 Å². The van der Waals surface area contributed by atoms with Gasteiger partial charge in [0.05, 0.1) is 24.6 Å². The molecule has 122 valence electrons. The number of phenols is 1. The van der Waals surface area contributed by atoms with Crippen LogP contribution in [0.3, 0.4) is 0 Å². The predicted molar refractivity (Wildman–Crippen MR) is 86.9 cm³/mol. The summed E-state index contributed by atoms with van der Waals surface area (Å²) >= 11 is 3.26. The number of halogens is 1. The predicted octanol–water partition coefficient (Wildman–Crippen LogP) is 0.686. The molecule has 0 aliphatic carbocycles. The van der Waals surface area contributed by atoms with Crippen LogP contribution in [0.2, 0.25) is 0 Å². The first kappa shape index (κ1) is 18.8. The number of alkyl halides is 1. The Kier molecular flexibility index (Phi) is 6.71. The number of benzene rings is 1. The number of hydrogen-bond acceptors (Lipinski definition) is 6. The molecule has 1 rings (SSSR count). The number of phenolic OH excluding ortho intramolecular Hbond substituents is 1. The van der Waals surface area contributed by atoms with Gasteiger partial charge < -0.3 is 24.6 Å². The first-order valence-corrected chi connectivity index (χ1v) is 7.88. The van der Waals surface area contributed by atoms with Crippen LogP contribution in [0.25, 0.3) is 0 Å². The van der Waals surface area contributed by atoms with Gasteiger partial charge in [0.15, 0.2) is 0 Å². The van der Waals surface area contributed by atoms with Crippen molar-refractivity contribution in [3.8, 4) is 11.5 Å². The fraction of sp³-hybridized carbons (Fsp3) is 0.500. The molecule has 8 heteroatoms. The number of carbonyl (C=O) groups is 1. The minimum atomic E-state index is -1.88. The third-order valence-electron chi connectivity index (χ3n) is 3.34. The zero-order valence-corrected chi connectivity index (χ0v) is 14.4. The van der Waals surface area contributed by atoms with E-state index in [0.29, 0.717) is 18.6 Å². The van der Waals surface area contributed by atoms with Crippen molar-refractivity contribution in [1.82, 2.24) is 0 Å². The lowest BCUT2D eigenvalue weighted by molar-refractivity contribution is -0.149. The van der Waals surface area contributed by atoms with Crippen molar-refractivity contribution in [3.05, 3.63) is 17.7 Å². The largest absolute Gasteiger partial charge is 0.508 e. The third-order valence-corrected chi connectivity index (χ3v) is 3.90. The molecular formula is C14H20BBrO6. The van der Waals surface area contributed by atoms with E-state index in [0.717, 1.165) is 5.33 Å². The normalized spacial score (nSPS) is 11.2.